The number of hydrogen-bond acceptors (Lipinski definition) is 3. The average Bonchev–Trinajstić information content (AvgIpc) is 2.64. The molecular formula is C15H19ClF2N2O. The fraction of sp³-hybridized carbons (Fsp3) is 0.600. The Labute approximate surface area is 128 Å². The minimum absolute atomic E-state index is 0.0145. The minimum atomic E-state index is -2.86. The minimum Gasteiger partial charge on any atom is -0.433 e. The highest BCUT2D eigenvalue weighted by Gasteiger charge is 2.38. The Bertz CT molecular complexity index is 500. The number of hydrogen-bond donors (Lipinski definition) is 1. The van der Waals surface area contributed by atoms with Gasteiger partial charge in [0.05, 0.1) is 5.02 Å². The lowest BCUT2D eigenvalue weighted by Gasteiger charge is -2.37. The second-order valence-electron chi connectivity index (χ2n) is 5.89. The van der Waals surface area contributed by atoms with Crippen LogP contribution < -0.4 is 10.1 Å². The van der Waals surface area contributed by atoms with Crippen LogP contribution in [0.25, 0.3) is 0 Å². The predicted molar refractivity (Wildman–Crippen MR) is 79.3 cm³/mol. The lowest BCUT2D eigenvalue weighted by Crippen LogP contribution is -2.44. The van der Waals surface area contributed by atoms with E-state index in [1.165, 1.54) is 18.9 Å². The van der Waals surface area contributed by atoms with Crippen LogP contribution in [0.3, 0.4) is 0 Å². The summed E-state index contributed by atoms with van der Waals surface area (Å²) in [5.74, 6) is 0.0145. The van der Waals surface area contributed by atoms with E-state index in [9.17, 15) is 8.78 Å². The number of anilines is 1. The molecule has 2 fully saturated rings. The SMILES string of the molecule is CN1C2CCC1CC(Nc1ccc(OC(F)F)c(Cl)c1)C2. The maximum Gasteiger partial charge on any atom is 0.387 e. The van der Waals surface area contributed by atoms with Gasteiger partial charge in [0.15, 0.2) is 0 Å². The van der Waals surface area contributed by atoms with Gasteiger partial charge in [-0.15, -0.1) is 0 Å². The topological polar surface area (TPSA) is 24.5 Å². The van der Waals surface area contributed by atoms with Crippen LogP contribution >= 0.6 is 11.6 Å². The molecule has 0 aliphatic carbocycles. The van der Waals surface area contributed by atoms with Gasteiger partial charge in [0.2, 0.25) is 0 Å². The van der Waals surface area contributed by atoms with Crippen LogP contribution in [0.15, 0.2) is 18.2 Å². The first-order valence-corrected chi connectivity index (χ1v) is 7.63. The quantitative estimate of drug-likeness (QED) is 0.909. The van der Waals surface area contributed by atoms with Crippen molar-refractivity contribution in [3.05, 3.63) is 23.2 Å². The maximum atomic E-state index is 12.2. The van der Waals surface area contributed by atoms with Gasteiger partial charge in [-0.2, -0.15) is 8.78 Å². The van der Waals surface area contributed by atoms with E-state index in [2.05, 4.69) is 22.0 Å². The van der Waals surface area contributed by atoms with E-state index < -0.39 is 6.61 Å². The van der Waals surface area contributed by atoms with E-state index in [0.717, 1.165) is 18.5 Å². The molecule has 0 spiro atoms. The number of nitrogens with zero attached hydrogens (tertiary/aromatic N) is 1. The van der Waals surface area contributed by atoms with Crippen LogP contribution in [0, 0.1) is 0 Å². The average molecular weight is 317 g/mol. The summed E-state index contributed by atoms with van der Waals surface area (Å²) >= 11 is 5.98. The molecule has 6 heteroatoms. The number of halogens is 3. The molecule has 2 saturated heterocycles. The van der Waals surface area contributed by atoms with E-state index >= 15 is 0 Å². The first-order valence-electron chi connectivity index (χ1n) is 7.26. The van der Waals surface area contributed by atoms with Crippen LogP contribution in [0.2, 0.25) is 5.02 Å². The zero-order chi connectivity index (χ0) is 15.0. The van der Waals surface area contributed by atoms with Crippen LogP contribution in [-0.4, -0.2) is 36.7 Å². The molecule has 2 heterocycles. The van der Waals surface area contributed by atoms with Crippen molar-refractivity contribution in [3.63, 3.8) is 0 Å². The number of ether oxygens (including phenoxy) is 1. The predicted octanol–water partition coefficient (Wildman–Crippen LogP) is 3.98. The van der Waals surface area contributed by atoms with E-state index in [-0.39, 0.29) is 10.8 Å². The Morgan fingerprint density at radius 2 is 1.95 bits per heavy atom. The molecule has 0 aromatic heterocycles. The molecule has 0 radical (unpaired) electrons. The van der Waals surface area contributed by atoms with Gasteiger partial charge < -0.3 is 15.0 Å². The summed E-state index contributed by atoms with van der Waals surface area (Å²) in [6.45, 7) is -2.86. The number of piperidine rings is 1. The Morgan fingerprint density at radius 1 is 1.29 bits per heavy atom. The molecule has 3 rings (SSSR count). The van der Waals surface area contributed by atoms with Gasteiger partial charge >= 0.3 is 6.61 Å². The number of rotatable bonds is 4. The maximum absolute atomic E-state index is 12.2. The van der Waals surface area contributed by atoms with E-state index in [4.69, 9.17) is 11.6 Å². The summed E-state index contributed by atoms with van der Waals surface area (Å²) in [6, 6.07) is 6.59. The van der Waals surface area contributed by atoms with Gasteiger partial charge in [-0.1, -0.05) is 11.6 Å². The third-order valence-corrected chi connectivity index (χ3v) is 4.91. The molecule has 0 amide bonds. The molecule has 1 aromatic rings. The highest BCUT2D eigenvalue weighted by molar-refractivity contribution is 6.32. The van der Waals surface area contributed by atoms with E-state index in [1.807, 2.05) is 0 Å². The zero-order valence-corrected chi connectivity index (χ0v) is 12.6. The monoisotopic (exact) mass is 316 g/mol. The van der Waals surface area contributed by atoms with Gasteiger partial charge in [-0.25, -0.2) is 0 Å². The van der Waals surface area contributed by atoms with Crippen molar-refractivity contribution in [1.29, 1.82) is 0 Å². The number of benzene rings is 1. The van der Waals surface area contributed by atoms with Crippen LogP contribution in [0.5, 0.6) is 5.75 Å². The Morgan fingerprint density at radius 3 is 2.52 bits per heavy atom. The molecule has 116 valence electrons. The third-order valence-electron chi connectivity index (χ3n) is 4.62. The lowest BCUT2D eigenvalue weighted by molar-refractivity contribution is -0.0497. The number of alkyl halides is 2. The second-order valence-corrected chi connectivity index (χ2v) is 6.29. The molecule has 0 saturated carbocycles. The molecule has 2 aliphatic rings. The second kappa shape index (κ2) is 5.97. The fourth-order valence-electron chi connectivity index (χ4n) is 3.55. The highest BCUT2D eigenvalue weighted by atomic mass is 35.5. The van der Waals surface area contributed by atoms with Gasteiger partial charge in [0.25, 0.3) is 0 Å². The van der Waals surface area contributed by atoms with Crippen LogP contribution in [0.1, 0.15) is 25.7 Å². The third kappa shape index (κ3) is 3.24. The Hall–Kier alpha value is -1.07. The van der Waals surface area contributed by atoms with Crippen molar-refractivity contribution in [2.75, 3.05) is 12.4 Å². The molecule has 2 unspecified atom stereocenters. The molecule has 21 heavy (non-hydrogen) atoms. The summed E-state index contributed by atoms with van der Waals surface area (Å²) in [4.78, 5) is 2.48. The molecule has 2 aliphatic heterocycles. The summed E-state index contributed by atoms with van der Waals surface area (Å²) in [7, 11) is 2.20. The summed E-state index contributed by atoms with van der Waals surface area (Å²) in [5, 5.41) is 3.67. The molecule has 2 atom stereocenters. The van der Waals surface area contributed by atoms with Crippen molar-refractivity contribution in [3.8, 4) is 5.75 Å². The van der Waals surface area contributed by atoms with Crippen LogP contribution in [-0.2, 0) is 0 Å². The highest BCUT2D eigenvalue weighted by Crippen LogP contribution is 2.36. The largest absolute Gasteiger partial charge is 0.433 e. The molecule has 1 aromatic carbocycles. The van der Waals surface area contributed by atoms with Gasteiger partial charge in [0.1, 0.15) is 5.75 Å². The molecular weight excluding hydrogens is 298 g/mol. The Kier molecular flexibility index (Phi) is 4.22. The van der Waals surface area contributed by atoms with Crippen molar-refractivity contribution in [2.45, 2.75) is 50.4 Å². The first kappa shape index (κ1) is 14.9. The van der Waals surface area contributed by atoms with Crippen molar-refractivity contribution >= 4 is 17.3 Å². The first-order chi connectivity index (χ1) is 10.0. The molecule has 1 N–H and O–H groups in total. The van der Waals surface area contributed by atoms with Crippen LogP contribution in [0.4, 0.5) is 14.5 Å². The van der Waals surface area contributed by atoms with Gasteiger partial charge in [0, 0.05) is 23.8 Å². The van der Waals surface area contributed by atoms with Crippen molar-refractivity contribution in [2.24, 2.45) is 0 Å². The summed E-state index contributed by atoms with van der Waals surface area (Å²) < 4.78 is 28.8. The smallest absolute Gasteiger partial charge is 0.387 e. The van der Waals surface area contributed by atoms with Crippen molar-refractivity contribution in [1.82, 2.24) is 4.90 Å². The summed E-state index contributed by atoms with van der Waals surface area (Å²) in [6.07, 6.45) is 4.75. The molecule has 3 nitrogen and oxygen atoms in total. The zero-order valence-electron chi connectivity index (χ0n) is 11.9. The number of nitrogens with one attached hydrogen (secondary N) is 1. The number of fused-ring (bicyclic) bond motifs is 2. The van der Waals surface area contributed by atoms with Gasteiger partial charge in [-0.05, 0) is 50.9 Å². The van der Waals surface area contributed by atoms with Gasteiger partial charge in [-0.3, -0.25) is 0 Å². The summed E-state index contributed by atoms with van der Waals surface area (Å²) in [5.41, 5.74) is 0.857. The normalized spacial score (nSPS) is 28.9. The fourth-order valence-corrected chi connectivity index (χ4v) is 3.77. The standard InChI is InChI=1S/C15H19ClF2N2O/c1-20-11-3-4-12(20)7-10(6-11)19-9-2-5-14(13(16)8-9)21-15(17)18/h2,5,8,10-12,15,19H,3-4,6-7H2,1H3. The van der Waals surface area contributed by atoms with E-state index in [0.29, 0.717) is 18.1 Å². The molecule has 2 bridgehead atoms. The van der Waals surface area contributed by atoms with E-state index in [1.54, 1.807) is 12.1 Å². The lowest BCUT2D eigenvalue weighted by atomic mass is 9.98. The van der Waals surface area contributed by atoms with Crippen molar-refractivity contribution < 1.29 is 13.5 Å². The Balaban J connectivity index is 1.64.